The number of rotatable bonds is 8. The van der Waals surface area contributed by atoms with Gasteiger partial charge in [-0.25, -0.2) is 0 Å². The van der Waals surface area contributed by atoms with E-state index in [9.17, 15) is 0 Å². The molecule has 0 aromatic heterocycles. The van der Waals surface area contributed by atoms with Crippen LogP contribution < -0.4 is 0 Å². The molecule has 0 rings (SSSR count). The number of hydrogen-bond donors (Lipinski definition) is 0. The molecule has 17 heavy (non-hydrogen) atoms. The highest BCUT2D eigenvalue weighted by atomic mass is 14.7. The van der Waals surface area contributed by atoms with Gasteiger partial charge < -0.3 is 0 Å². The van der Waals surface area contributed by atoms with E-state index in [1.54, 1.807) is 0 Å². The largest absolute Gasteiger partial charge is 0.263 e. The van der Waals surface area contributed by atoms with E-state index < -0.39 is 0 Å². The van der Waals surface area contributed by atoms with Crippen molar-refractivity contribution in [3.63, 3.8) is 0 Å². The van der Waals surface area contributed by atoms with Crippen molar-refractivity contribution in [3.8, 4) is 0 Å². The van der Waals surface area contributed by atoms with E-state index in [0.717, 1.165) is 31.4 Å². The summed E-state index contributed by atoms with van der Waals surface area (Å²) in [5.74, 6) is 0.508. The number of aliphatic imine (C=N–C) groups is 1. The van der Waals surface area contributed by atoms with Crippen molar-refractivity contribution in [1.82, 2.24) is 0 Å². The second-order valence-electron chi connectivity index (χ2n) is 4.44. The van der Waals surface area contributed by atoms with Crippen molar-refractivity contribution >= 4 is 5.71 Å². The summed E-state index contributed by atoms with van der Waals surface area (Å²) in [5.41, 5.74) is 2.39. The Morgan fingerprint density at radius 1 is 1.35 bits per heavy atom. The third-order valence-corrected chi connectivity index (χ3v) is 2.71. The summed E-state index contributed by atoms with van der Waals surface area (Å²) in [5, 5.41) is 0. The molecule has 0 fully saturated rings. The summed E-state index contributed by atoms with van der Waals surface area (Å²) in [6.07, 6.45) is 12.8. The van der Waals surface area contributed by atoms with E-state index in [-0.39, 0.29) is 0 Å². The molecule has 0 heterocycles. The van der Waals surface area contributed by atoms with Crippen LogP contribution in [0.5, 0.6) is 0 Å². The van der Waals surface area contributed by atoms with Crippen LogP contribution in [-0.2, 0) is 0 Å². The number of nitrogens with zero attached hydrogens (tertiary/aromatic N) is 1. The van der Waals surface area contributed by atoms with Gasteiger partial charge in [-0.05, 0) is 45.4 Å². The van der Waals surface area contributed by atoms with Crippen LogP contribution in [-0.4, -0.2) is 5.71 Å². The molecule has 1 heteroatoms. The fourth-order valence-corrected chi connectivity index (χ4v) is 1.51. The molecule has 1 unspecified atom stereocenters. The molecule has 0 radical (unpaired) electrons. The average Bonchev–Trinajstić information content (AvgIpc) is 2.33. The van der Waals surface area contributed by atoms with Gasteiger partial charge in [0, 0.05) is 11.4 Å². The molecular weight excluding hydrogens is 206 g/mol. The molecule has 0 saturated carbocycles. The van der Waals surface area contributed by atoms with Crippen LogP contribution in [0.4, 0.5) is 0 Å². The van der Waals surface area contributed by atoms with E-state index in [2.05, 4.69) is 50.6 Å². The summed E-state index contributed by atoms with van der Waals surface area (Å²) in [6, 6.07) is 0. The zero-order valence-corrected chi connectivity index (χ0v) is 11.9. The molecule has 0 amide bonds. The highest BCUT2D eigenvalue weighted by molar-refractivity contribution is 5.85. The van der Waals surface area contributed by atoms with Crippen molar-refractivity contribution in [2.24, 2.45) is 10.9 Å². The van der Waals surface area contributed by atoms with Crippen LogP contribution in [0.2, 0.25) is 0 Å². The second kappa shape index (κ2) is 10.1. The average molecular weight is 233 g/mol. The molecule has 0 aromatic carbocycles. The van der Waals surface area contributed by atoms with Crippen molar-refractivity contribution in [1.29, 1.82) is 0 Å². The molecule has 96 valence electrons. The predicted molar refractivity (Wildman–Crippen MR) is 79.5 cm³/mol. The van der Waals surface area contributed by atoms with Gasteiger partial charge in [0.2, 0.25) is 0 Å². The summed E-state index contributed by atoms with van der Waals surface area (Å²) < 4.78 is 0. The molecule has 0 saturated heterocycles. The van der Waals surface area contributed by atoms with Gasteiger partial charge in [-0.15, -0.1) is 6.58 Å². The summed E-state index contributed by atoms with van der Waals surface area (Å²) in [4.78, 5) is 4.68. The molecule has 1 nitrogen and oxygen atoms in total. The van der Waals surface area contributed by atoms with Crippen molar-refractivity contribution in [2.45, 2.75) is 53.4 Å². The molecule has 0 spiro atoms. The highest BCUT2D eigenvalue weighted by Gasteiger charge is 2.03. The lowest BCUT2D eigenvalue weighted by Gasteiger charge is -2.09. The molecular formula is C16H27N. The van der Waals surface area contributed by atoms with Gasteiger partial charge in [-0.1, -0.05) is 38.2 Å². The lowest BCUT2D eigenvalue weighted by Crippen LogP contribution is -2.04. The fourth-order valence-electron chi connectivity index (χ4n) is 1.51. The first-order valence-electron chi connectivity index (χ1n) is 6.60. The van der Waals surface area contributed by atoms with Crippen LogP contribution in [0.15, 0.2) is 41.6 Å². The topological polar surface area (TPSA) is 12.4 Å². The normalized spacial score (nSPS) is 15.3. The Morgan fingerprint density at radius 3 is 2.59 bits per heavy atom. The Kier molecular flexibility index (Phi) is 9.41. The minimum Gasteiger partial charge on any atom is -0.263 e. The van der Waals surface area contributed by atoms with Crippen LogP contribution in [0.25, 0.3) is 0 Å². The Bertz CT molecular complexity index is 295. The SMILES string of the molecule is C=CC(C)C/C(CC/C=C\CC)=N\C(C)=C/C. The standard InChI is InChI=1S/C16H27N/c1-6-9-10-11-12-16(13-14(4)7-2)17-15(5)8-3/h7-10,14H,2,6,11-13H2,1,3-5H3/b10-9-,15-8-,17-16-. The van der Waals surface area contributed by atoms with Gasteiger partial charge in [-0.3, -0.25) is 4.99 Å². The molecule has 0 aliphatic heterocycles. The summed E-state index contributed by atoms with van der Waals surface area (Å²) in [7, 11) is 0. The van der Waals surface area contributed by atoms with Crippen LogP contribution in [0.1, 0.15) is 53.4 Å². The Morgan fingerprint density at radius 2 is 2.06 bits per heavy atom. The summed E-state index contributed by atoms with van der Waals surface area (Å²) in [6.45, 7) is 12.3. The minimum atomic E-state index is 0.508. The van der Waals surface area contributed by atoms with E-state index >= 15 is 0 Å². The third kappa shape index (κ3) is 8.67. The quantitative estimate of drug-likeness (QED) is 0.398. The van der Waals surface area contributed by atoms with Crippen LogP contribution in [0, 0.1) is 5.92 Å². The zero-order valence-electron chi connectivity index (χ0n) is 11.9. The van der Waals surface area contributed by atoms with Gasteiger partial charge >= 0.3 is 0 Å². The predicted octanol–water partition coefficient (Wildman–Crippen LogP) is 5.31. The minimum absolute atomic E-state index is 0.508. The number of allylic oxidation sites excluding steroid dienone is 5. The van der Waals surface area contributed by atoms with Crippen LogP contribution in [0.3, 0.4) is 0 Å². The number of hydrogen-bond acceptors (Lipinski definition) is 1. The van der Waals surface area contributed by atoms with E-state index in [1.165, 1.54) is 5.71 Å². The van der Waals surface area contributed by atoms with E-state index in [4.69, 9.17) is 0 Å². The monoisotopic (exact) mass is 233 g/mol. The lowest BCUT2D eigenvalue weighted by molar-refractivity contribution is 0.756. The molecule has 0 aromatic rings. The maximum absolute atomic E-state index is 4.68. The van der Waals surface area contributed by atoms with Crippen molar-refractivity contribution < 1.29 is 0 Å². The third-order valence-electron chi connectivity index (χ3n) is 2.71. The van der Waals surface area contributed by atoms with Crippen LogP contribution >= 0.6 is 0 Å². The lowest BCUT2D eigenvalue weighted by atomic mass is 10.0. The van der Waals surface area contributed by atoms with Gasteiger partial charge in [0.25, 0.3) is 0 Å². The highest BCUT2D eigenvalue weighted by Crippen LogP contribution is 2.11. The Balaban J connectivity index is 4.45. The first-order valence-corrected chi connectivity index (χ1v) is 6.60. The summed E-state index contributed by atoms with van der Waals surface area (Å²) >= 11 is 0. The molecule has 1 atom stereocenters. The van der Waals surface area contributed by atoms with Gasteiger partial charge in [0.1, 0.15) is 0 Å². The Labute approximate surface area is 107 Å². The van der Waals surface area contributed by atoms with Gasteiger partial charge in [-0.2, -0.15) is 0 Å². The zero-order chi connectivity index (χ0) is 13.1. The first-order chi connectivity index (χ1) is 8.13. The van der Waals surface area contributed by atoms with Crippen molar-refractivity contribution in [3.05, 3.63) is 36.6 Å². The van der Waals surface area contributed by atoms with E-state index in [1.807, 2.05) is 13.0 Å². The first kappa shape index (κ1) is 15.9. The van der Waals surface area contributed by atoms with Gasteiger partial charge in [0.05, 0.1) is 0 Å². The maximum Gasteiger partial charge on any atom is 0.0329 e. The molecule has 0 N–H and O–H groups in total. The maximum atomic E-state index is 4.68. The van der Waals surface area contributed by atoms with Gasteiger partial charge in [0.15, 0.2) is 0 Å². The Hall–Kier alpha value is -1.11. The fraction of sp³-hybridized carbons (Fsp3) is 0.562. The second-order valence-corrected chi connectivity index (χ2v) is 4.44. The molecule has 0 aliphatic carbocycles. The smallest absolute Gasteiger partial charge is 0.0329 e. The van der Waals surface area contributed by atoms with E-state index in [0.29, 0.717) is 5.92 Å². The molecule has 0 bridgehead atoms. The molecule has 0 aliphatic rings. The van der Waals surface area contributed by atoms with Crippen molar-refractivity contribution in [2.75, 3.05) is 0 Å².